The summed E-state index contributed by atoms with van der Waals surface area (Å²) < 4.78 is 1.01. The van der Waals surface area contributed by atoms with Crippen molar-refractivity contribution in [3.63, 3.8) is 0 Å². The molecule has 0 saturated heterocycles. The summed E-state index contributed by atoms with van der Waals surface area (Å²) in [6.07, 6.45) is 0.586. The minimum Gasteiger partial charge on any atom is -0.481 e. The molecule has 0 saturated carbocycles. The van der Waals surface area contributed by atoms with Crippen molar-refractivity contribution in [2.24, 2.45) is 5.92 Å². The molecule has 1 aromatic carbocycles. The Labute approximate surface area is 85.7 Å². The van der Waals surface area contributed by atoms with Crippen LogP contribution in [0.25, 0.3) is 0 Å². The fraction of sp³-hybridized carbons (Fsp3) is 0.300. The third-order valence-corrected chi connectivity index (χ3v) is 2.41. The first-order valence-electron chi connectivity index (χ1n) is 4.07. The predicted molar refractivity (Wildman–Crippen MR) is 54.6 cm³/mol. The zero-order chi connectivity index (χ0) is 9.84. The quantitative estimate of drug-likeness (QED) is 0.886. The van der Waals surface area contributed by atoms with E-state index < -0.39 is 5.97 Å². The molecule has 0 bridgehead atoms. The first kappa shape index (κ1) is 10.3. The Morgan fingerprint density at radius 3 is 2.46 bits per heavy atom. The Morgan fingerprint density at radius 1 is 1.46 bits per heavy atom. The van der Waals surface area contributed by atoms with Crippen molar-refractivity contribution in [2.75, 3.05) is 0 Å². The van der Waals surface area contributed by atoms with Crippen LogP contribution in [0.5, 0.6) is 0 Å². The van der Waals surface area contributed by atoms with Gasteiger partial charge in [-0.2, -0.15) is 0 Å². The van der Waals surface area contributed by atoms with E-state index in [1.807, 2.05) is 24.3 Å². The van der Waals surface area contributed by atoms with Gasteiger partial charge in [0.2, 0.25) is 0 Å². The summed E-state index contributed by atoms with van der Waals surface area (Å²) in [6, 6.07) is 7.71. The van der Waals surface area contributed by atoms with Gasteiger partial charge in [-0.3, -0.25) is 4.79 Å². The highest BCUT2D eigenvalue weighted by molar-refractivity contribution is 9.10. The maximum absolute atomic E-state index is 10.6. The number of hydrogen-bond acceptors (Lipinski definition) is 1. The van der Waals surface area contributed by atoms with Gasteiger partial charge in [-0.05, 0) is 24.1 Å². The molecule has 13 heavy (non-hydrogen) atoms. The van der Waals surface area contributed by atoms with Crippen molar-refractivity contribution < 1.29 is 9.90 Å². The average molecular weight is 243 g/mol. The Bertz CT molecular complexity index is 292. The molecule has 70 valence electrons. The van der Waals surface area contributed by atoms with Gasteiger partial charge in [-0.15, -0.1) is 0 Å². The second kappa shape index (κ2) is 4.42. The van der Waals surface area contributed by atoms with Crippen LogP contribution < -0.4 is 0 Å². The van der Waals surface area contributed by atoms with Crippen LogP contribution in [0.2, 0.25) is 0 Å². The molecule has 2 nitrogen and oxygen atoms in total. The standard InChI is InChI=1S/C10H11BrO2/c1-7(10(12)13)6-8-2-4-9(11)5-3-8/h2-5,7H,6H2,1H3,(H,12,13)/t7-/m0/s1. The lowest BCUT2D eigenvalue weighted by molar-refractivity contribution is -0.141. The summed E-state index contributed by atoms with van der Waals surface area (Å²) in [6.45, 7) is 1.71. The van der Waals surface area contributed by atoms with Crippen molar-refractivity contribution in [3.8, 4) is 0 Å². The van der Waals surface area contributed by atoms with Gasteiger partial charge in [0, 0.05) is 4.47 Å². The van der Waals surface area contributed by atoms with Crippen molar-refractivity contribution in [2.45, 2.75) is 13.3 Å². The van der Waals surface area contributed by atoms with Crippen LogP contribution in [0.4, 0.5) is 0 Å². The Balaban J connectivity index is 2.64. The molecule has 1 rings (SSSR count). The smallest absolute Gasteiger partial charge is 0.306 e. The van der Waals surface area contributed by atoms with Crippen LogP contribution in [-0.2, 0) is 11.2 Å². The van der Waals surface area contributed by atoms with Crippen molar-refractivity contribution in [3.05, 3.63) is 34.3 Å². The largest absolute Gasteiger partial charge is 0.481 e. The Hall–Kier alpha value is -0.830. The third kappa shape index (κ3) is 3.19. The van der Waals surface area contributed by atoms with Crippen molar-refractivity contribution >= 4 is 21.9 Å². The topological polar surface area (TPSA) is 37.3 Å². The molecule has 0 unspecified atom stereocenters. The summed E-state index contributed by atoms with van der Waals surface area (Å²) >= 11 is 3.32. The van der Waals surface area contributed by atoms with E-state index in [4.69, 9.17) is 5.11 Å². The fourth-order valence-corrected chi connectivity index (χ4v) is 1.33. The highest BCUT2D eigenvalue weighted by Crippen LogP contribution is 2.13. The van der Waals surface area contributed by atoms with E-state index in [9.17, 15) is 4.79 Å². The molecule has 0 aliphatic carbocycles. The van der Waals surface area contributed by atoms with Crippen LogP contribution in [0.3, 0.4) is 0 Å². The lowest BCUT2D eigenvalue weighted by Gasteiger charge is -2.05. The number of carboxylic acids is 1. The number of carboxylic acid groups (broad SMARTS) is 1. The van der Waals surface area contributed by atoms with E-state index in [2.05, 4.69) is 15.9 Å². The molecule has 0 aliphatic heterocycles. The number of aliphatic carboxylic acids is 1. The van der Waals surface area contributed by atoms with Crippen LogP contribution in [0.15, 0.2) is 28.7 Å². The zero-order valence-corrected chi connectivity index (χ0v) is 8.91. The number of halogens is 1. The van der Waals surface area contributed by atoms with Gasteiger partial charge >= 0.3 is 5.97 Å². The maximum Gasteiger partial charge on any atom is 0.306 e. The normalized spacial score (nSPS) is 12.5. The molecule has 1 atom stereocenters. The molecule has 0 fully saturated rings. The van der Waals surface area contributed by atoms with E-state index in [-0.39, 0.29) is 5.92 Å². The summed E-state index contributed by atoms with van der Waals surface area (Å²) in [5.74, 6) is -1.07. The molecule has 3 heteroatoms. The van der Waals surface area contributed by atoms with E-state index >= 15 is 0 Å². The van der Waals surface area contributed by atoms with Gasteiger partial charge in [0.25, 0.3) is 0 Å². The molecule has 0 radical (unpaired) electrons. The third-order valence-electron chi connectivity index (χ3n) is 1.88. The van der Waals surface area contributed by atoms with Gasteiger partial charge in [-0.1, -0.05) is 35.0 Å². The fourth-order valence-electron chi connectivity index (χ4n) is 1.06. The van der Waals surface area contributed by atoms with E-state index in [0.717, 1.165) is 10.0 Å². The average Bonchev–Trinajstić information content (AvgIpc) is 2.08. The van der Waals surface area contributed by atoms with Crippen LogP contribution in [0, 0.1) is 5.92 Å². The number of carbonyl (C=O) groups is 1. The molecule has 0 aromatic heterocycles. The van der Waals surface area contributed by atoms with Crippen LogP contribution in [-0.4, -0.2) is 11.1 Å². The second-order valence-electron chi connectivity index (χ2n) is 3.07. The summed E-state index contributed by atoms with van der Waals surface area (Å²) in [7, 11) is 0. The first-order valence-corrected chi connectivity index (χ1v) is 4.86. The van der Waals surface area contributed by atoms with E-state index in [1.54, 1.807) is 6.92 Å². The number of benzene rings is 1. The maximum atomic E-state index is 10.6. The van der Waals surface area contributed by atoms with Crippen LogP contribution in [0.1, 0.15) is 12.5 Å². The van der Waals surface area contributed by atoms with Gasteiger partial charge in [0.15, 0.2) is 0 Å². The Morgan fingerprint density at radius 2 is 2.00 bits per heavy atom. The van der Waals surface area contributed by atoms with Crippen molar-refractivity contribution in [1.29, 1.82) is 0 Å². The van der Waals surface area contributed by atoms with Crippen LogP contribution >= 0.6 is 15.9 Å². The molecule has 0 spiro atoms. The molecule has 1 N–H and O–H groups in total. The summed E-state index contributed by atoms with van der Waals surface area (Å²) in [4.78, 5) is 10.6. The zero-order valence-electron chi connectivity index (χ0n) is 7.33. The van der Waals surface area contributed by atoms with E-state index in [0.29, 0.717) is 6.42 Å². The Kier molecular flexibility index (Phi) is 3.48. The highest BCUT2D eigenvalue weighted by Gasteiger charge is 2.10. The second-order valence-corrected chi connectivity index (χ2v) is 3.99. The SMILES string of the molecule is C[C@@H](Cc1ccc(Br)cc1)C(=O)O. The van der Waals surface area contributed by atoms with Gasteiger partial charge in [0.05, 0.1) is 5.92 Å². The summed E-state index contributed by atoms with van der Waals surface area (Å²) in [5, 5.41) is 8.69. The minimum atomic E-state index is -0.747. The van der Waals surface area contributed by atoms with Crippen molar-refractivity contribution in [1.82, 2.24) is 0 Å². The number of hydrogen-bond donors (Lipinski definition) is 1. The van der Waals surface area contributed by atoms with Gasteiger partial charge in [0.1, 0.15) is 0 Å². The molecule has 0 aliphatic rings. The molecule has 0 amide bonds. The number of rotatable bonds is 3. The molecular weight excluding hydrogens is 232 g/mol. The lowest BCUT2D eigenvalue weighted by Crippen LogP contribution is -2.11. The molecule has 1 aromatic rings. The monoisotopic (exact) mass is 242 g/mol. The molecular formula is C10H11BrO2. The van der Waals surface area contributed by atoms with Gasteiger partial charge in [-0.25, -0.2) is 0 Å². The molecule has 0 heterocycles. The highest BCUT2D eigenvalue weighted by atomic mass is 79.9. The minimum absolute atomic E-state index is 0.318. The summed E-state index contributed by atoms with van der Waals surface area (Å²) in [5.41, 5.74) is 1.05. The lowest BCUT2D eigenvalue weighted by atomic mass is 10.0. The predicted octanol–water partition coefficient (Wildman–Crippen LogP) is 2.71. The van der Waals surface area contributed by atoms with E-state index in [1.165, 1.54) is 0 Å². The first-order chi connectivity index (χ1) is 6.09. The van der Waals surface area contributed by atoms with Gasteiger partial charge < -0.3 is 5.11 Å².